The monoisotopic (exact) mass is 203 g/mol. The van der Waals surface area contributed by atoms with Crippen LogP contribution in [0.15, 0.2) is 0 Å². The fraction of sp³-hybridized carbons (Fsp3) is 0.778. The van der Waals surface area contributed by atoms with Gasteiger partial charge < -0.3 is 15.5 Å². The van der Waals surface area contributed by atoms with Crippen LogP contribution in [0.4, 0.5) is 0 Å². The number of hydrogen-bond donors (Lipinski definition) is 3. The van der Waals surface area contributed by atoms with Gasteiger partial charge in [0.15, 0.2) is 5.78 Å². The molecule has 0 fully saturated rings. The summed E-state index contributed by atoms with van der Waals surface area (Å²) in [6.07, 6.45) is -0.0869. The first-order chi connectivity index (χ1) is 6.60. The highest BCUT2D eigenvalue weighted by atomic mass is 16.3. The molecule has 0 aromatic heterocycles. The molecular formula is C9H17NO4. The highest BCUT2D eigenvalue weighted by molar-refractivity contribution is 5.85. The Balaban J connectivity index is 3.51. The molecule has 0 aliphatic rings. The number of carbonyl (C=O) groups is 2. The molecular weight excluding hydrogens is 186 g/mol. The summed E-state index contributed by atoms with van der Waals surface area (Å²) in [5.74, 6) is -0.305. The summed E-state index contributed by atoms with van der Waals surface area (Å²) in [6.45, 7) is 1.37. The van der Waals surface area contributed by atoms with Crippen molar-refractivity contribution < 1.29 is 19.8 Å². The van der Waals surface area contributed by atoms with Crippen molar-refractivity contribution in [2.24, 2.45) is 0 Å². The van der Waals surface area contributed by atoms with Gasteiger partial charge in [-0.05, 0) is 6.42 Å². The largest absolute Gasteiger partial charge is 0.394 e. The Bertz CT molecular complexity index is 193. The summed E-state index contributed by atoms with van der Waals surface area (Å²) in [5, 5.41) is 19.9. The predicted octanol–water partition coefficient (Wildman–Crippen LogP) is -0.785. The smallest absolute Gasteiger partial charge is 0.220 e. The lowest BCUT2D eigenvalue weighted by atomic mass is 10.1. The molecule has 0 aromatic carbocycles. The molecule has 5 nitrogen and oxygen atoms in total. The summed E-state index contributed by atoms with van der Waals surface area (Å²) in [7, 11) is 0. The number of nitrogens with one attached hydrogen (secondary N) is 1. The number of ketones is 1. The molecule has 1 atom stereocenters. The summed E-state index contributed by atoms with van der Waals surface area (Å²) < 4.78 is 0. The second-order valence-electron chi connectivity index (χ2n) is 3.04. The highest BCUT2D eigenvalue weighted by Gasteiger charge is 2.07. The van der Waals surface area contributed by atoms with Gasteiger partial charge in [-0.3, -0.25) is 9.59 Å². The van der Waals surface area contributed by atoms with Crippen LogP contribution in [0.1, 0.15) is 26.2 Å². The third kappa shape index (κ3) is 6.56. The van der Waals surface area contributed by atoms with Gasteiger partial charge in [0, 0.05) is 12.8 Å². The zero-order chi connectivity index (χ0) is 11.0. The third-order valence-corrected chi connectivity index (χ3v) is 1.77. The Labute approximate surface area is 83.1 Å². The number of Topliss-reactive ketones (excluding diaryl/α,β-unsaturated/α-hetero) is 1. The number of amides is 1. The van der Waals surface area contributed by atoms with Crippen LogP contribution in [-0.2, 0) is 9.59 Å². The van der Waals surface area contributed by atoms with Crippen LogP contribution in [0.5, 0.6) is 0 Å². The van der Waals surface area contributed by atoms with Crippen molar-refractivity contribution in [2.45, 2.75) is 32.3 Å². The van der Waals surface area contributed by atoms with E-state index < -0.39 is 6.10 Å². The number of aliphatic hydroxyl groups excluding tert-OH is 2. The van der Waals surface area contributed by atoms with E-state index in [9.17, 15) is 9.59 Å². The Hall–Kier alpha value is -0.940. The van der Waals surface area contributed by atoms with E-state index in [1.165, 1.54) is 0 Å². The van der Waals surface area contributed by atoms with E-state index in [-0.39, 0.29) is 37.7 Å². The Morgan fingerprint density at radius 3 is 2.57 bits per heavy atom. The lowest BCUT2D eigenvalue weighted by Crippen LogP contribution is -2.29. The molecule has 1 amide bonds. The number of carbonyl (C=O) groups excluding carboxylic acids is 2. The van der Waals surface area contributed by atoms with E-state index in [1.807, 2.05) is 0 Å². The normalized spacial score (nSPS) is 12.2. The quantitative estimate of drug-likeness (QED) is 0.506. The molecule has 0 radical (unpaired) electrons. The Morgan fingerprint density at radius 2 is 2.07 bits per heavy atom. The van der Waals surface area contributed by atoms with Gasteiger partial charge in [0.05, 0.1) is 19.3 Å². The van der Waals surface area contributed by atoms with Gasteiger partial charge in [0.2, 0.25) is 5.91 Å². The second kappa shape index (κ2) is 7.46. The summed E-state index contributed by atoms with van der Waals surface area (Å²) in [6, 6.07) is 0. The molecule has 0 saturated carbocycles. The molecule has 82 valence electrons. The third-order valence-electron chi connectivity index (χ3n) is 1.77. The standard InChI is InChI=1S/C9H17NO4/c1-2-9(14)10-5-7(12)3-4-8(13)6-11/h8,11,13H,2-6H2,1H3,(H,10,14). The van der Waals surface area contributed by atoms with Crippen LogP contribution < -0.4 is 5.32 Å². The van der Waals surface area contributed by atoms with Gasteiger partial charge in [-0.2, -0.15) is 0 Å². The predicted molar refractivity (Wildman–Crippen MR) is 50.6 cm³/mol. The van der Waals surface area contributed by atoms with Crippen LogP contribution in [0.2, 0.25) is 0 Å². The zero-order valence-electron chi connectivity index (χ0n) is 8.32. The number of hydrogen-bond acceptors (Lipinski definition) is 4. The molecule has 0 aromatic rings. The number of rotatable bonds is 7. The summed E-state index contributed by atoms with van der Waals surface area (Å²) >= 11 is 0. The molecule has 0 rings (SSSR count). The Kier molecular flexibility index (Phi) is 6.96. The topological polar surface area (TPSA) is 86.6 Å². The first-order valence-electron chi connectivity index (χ1n) is 4.67. The van der Waals surface area contributed by atoms with Gasteiger partial charge in [0.1, 0.15) is 0 Å². The van der Waals surface area contributed by atoms with Gasteiger partial charge in [0.25, 0.3) is 0 Å². The van der Waals surface area contributed by atoms with E-state index >= 15 is 0 Å². The van der Waals surface area contributed by atoms with Crippen molar-refractivity contribution >= 4 is 11.7 Å². The fourth-order valence-electron chi connectivity index (χ4n) is 0.829. The van der Waals surface area contributed by atoms with Gasteiger partial charge in [-0.15, -0.1) is 0 Å². The van der Waals surface area contributed by atoms with E-state index in [0.29, 0.717) is 6.42 Å². The molecule has 5 heteroatoms. The van der Waals surface area contributed by atoms with Crippen molar-refractivity contribution in [1.29, 1.82) is 0 Å². The average molecular weight is 203 g/mol. The van der Waals surface area contributed by atoms with Crippen LogP contribution in [-0.4, -0.2) is 41.2 Å². The van der Waals surface area contributed by atoms with E-state index in [4.69, 9.17) is 10.2 Å². The molecule has 14 heavy (non-hydrogen) atoms. The van der Waals surface area contributed by atoms with Gasteiger partial charge >= 0.3 is 0 Å². The van der Waals surface area contributed by atoms with E-state index in [1.54, 1.807) is 6.92 Å². The SMILES string of the molecule is CCC(=O)NCC(=O)CCC(O)CO. The van der Waals surface area contributed by atoms with Crippen LogP contribution >= 0.6 is 0 Å². The lowest BCUT2D eigenvalue weighted by Gasteiger charge is -2.06. The van der Waals surface area contributed by atoms with E-state index in [0.717, 1.165) is 0 Å². The summed E-state index contributed by atoms with van der Waals surface area (Å²) in [5.41, 5.74) is 0. The maximum absolute atomic E-state index is 11.1. The van der Waals surface area contributed by atoms with Crippen molar-refractivity contribution in [3.63, 3.8) is 0 Å². The van der Waals surface area contributed by atoms with Crippen LogP contribution in [0.3, 0.4) is 0 Å². The number of aliphatic hydroxyl groups is 2. The van der Waals surface area contributed by atoms with Crippen molar-refractivity contribution in [2.75, 3.05) is 13.2 Å². The molecule has 0 heterocycles. The molecule has 0 saturated heterocycles. The maximum Gasteiger partial charge on any atom is 0.220 e. The van der Waals surface area contributed by atoms with Gasteiger partial charge in [-0.1, -0.05) is 6.92 Å². The van der Waals surface area contributed by atoms with Crippen LogP contribution in [0, 0.1) is 0 Å². The molecule has 3 N–H and O–H groups in total. The minimum absolute atomic E-state index is 0.00478. The average Bonchev–Trinajstić information content (AvgIpc) is 2.22. The first-order valence-corrected chi connectivity index (χ1v) is 4.67. The molecule has 0 spiro atoms. The lowest BCUT2D eigenvalue weighted by molar-refractivity contribution is -0.125. The van der Waals surface area contributed by atoms with Gasteiger partial charge in [-0.25, -0.2) is 0 Å². The molecule has 1 unspecified atom stereocenters. The second-order valence-corrected chi connectivity index (χ2v) is 3.04. The Morgan fingerprint density at radius 1 is 1.43 bits per heavy atom. The van der Waals surface area contributed by atoms with Crippen molar-refractivity contribution in [3.8, 4) is 0 Å². The fourth-order valence-corrected chi connectivity index (χ4v) is 0.829. The maximum atomic E-state index is 11.1. The van der Waals surface area contributed by atoms with Crippen LogP contribution in [0.25, 0.3) is 0 Å². The molecule has 0 aliphatic carbocycles. The summed E-state index contributed by atoms with van der Waals surface area (Å²) in [4.78, 5) is 21.8. The highest BCUT2D eigenvalue weighted by Crippen LogP contribution is 1.96. The van der Waals surface area contributed by atoms with E-state index in [2.05, 4.69) is 5.32 Å². The van der Waals surface area contributed by atoms with Crippen molar-refractivity contribution in [3.05, 3.63) is 0 Å². The minimum Gasteiger partial charge on any atom is -0.394 e. The minimum atomic E-state index is -0.846. The molecule has 0 aliphatic heterocycles. The first kappa shape index (κ1) is 13.1. The van der Waals surface area contributed by atoms with Crippen molar-refractivity contribution in [1.82, 2.24) is 5.32 Å². The zero-order valence-corrected chi connectivity index (χ0v) is 8.32. The molecule has 0 bridgehead atoms.